The highest BCUT2D eigenvalue weighted by Crippen LogP contribution is 2.28. The third-order valence-corrected chi connectivity index (χ3v) is 7.38. The third kappa shape index (κ3) is 9.17. The Kier molecular flexibility index (Phi) is 10.6. The summed E-state index contributed by atoms with van der Waals surface area (Å²) in [5.41, 5.74) is 1.53. The van der Waals surface area contributed by atoms with Gasteiger partial charge in [0.1, 0.15) is 5.70 Å². The number of carbonyl (C=O) groups is 3. The molecule has 3 N–H and O–H groups in total. The Morgan fingerprint density at radius 1 is 0.837 bits per heavy atom. The lowest BCUT2D eigenvalue weighted by Gasteiger charge is -2.14. The van der Waals surface area contributed by atoms with Crippen molar-refractivity contribution in [2.45, 2.75) is 17.1 Å². The molecule has 12 heteroatoms. The molecule has 1 unspecified atom stereocenters. The summed E-state index contributed by atoms with van der Waals surface area (Å²) < 4.78 is 0. The van der Waals surface area contributed by atoms with Gasteiger partial charge in [-0.25, -0.2) is 0 Å². The van der Waals surface area contributed by atoms with Crippen LogP contribution in [0, 0.1) is 10.1 Å². The van der Waals surface area contributed by atoms with Crippen LogP contribution in [0.3, 0.4) is 0 Å². The van der Waals surface area contributed by atoms with Crippen LogP contribution in [-0.4, -0.2) is 27.9 Å². The van der Waals surface area contributed by atoms with Gasteiger partial charge in [0.15, 0.2) is 0 Å². The van der Waals surface area contributed by atoms with Gasteiger partial charge in [-0.3, -0.25) is 24.5 Å². The summed E-state index contributed by atoms with van der Waals surface area (Å²) in [4.78, 5) is 50.2. The summed E-state index contributed by atoms with van der Waals surface area (Å²) in [7, 11) is 0. The van der Waals surface area contributed by atoms with Crippen LogP contribution in [0.2, 0.25) is 10.0 Å². The summed E-state index contributed by atoms with van der Waals surface area (Å²) in [6, 6.07) is 25.6. The predicted octanol–water partition coefficient (Wildman–Crippen LogP) is 7.43. The second-order valence-electron chi connectivity index (χ2n) is 9.12. The molecule has 0 radical (unpaired) electrons. The molecular formula is C31H24Cl2N4O5S. The van der Waals surface area contributed by atoms with E-state index in [2.05, 4.69) is 16.0 Å². The number of benzene rings is 4. The first-order valence-corrected chi connectivity index (χ1v) is 14.4. The van der Waals surface area contributed by atoms with Crippen LogP contribution in [0.15, 0.2) is 108 Å². The van der Waals surface area contributed by atoms with Crippen molar-refractivity contribution in [3.8, 4) is 0 Å². The summed E-state index contributed by atoms with van der Waals surface area (Å²) in [6.07, 6.45) is 1.42. The van der Waals surface area contributed by atoms with Crippen molar-refractivity contribution in [1.29, 1.82) is 0 Å². The summed E-state index contributed by atoms with van der Waals surface area (Å²) in [5, 5.41) is 19.5. The van der Waals surface area contributed by atoms with E-state index in [0.717, 1.165) is 0 Å². The molecule has 1 atom stereocenters. The van der Waals surface area contributed by atoms with Gasteiger partial charge in [-0.1, -0.05) is 47.5 Å². The third-order valence-electron chi connectivity index (χ3n) is 5.85. The largest absolute Gasteiger partial charge is 0.325 e. The smallest absolute Gasteiger partial charge is 0.272 e. The minimum atomic E-state index is -0.617. The first kappa shape index (κ1) is 31.3. The lowest BCUT2D eigenvalue weighted by Crippen LogP contribution is -2.30. The van der Waals surface area contributed by atoms with Crippen LogP contribution in [0.1, 0.15) is 22.8 Å². The van der Waals surface area contributed by atoms with Crippen molar-refractivity contribution < 1.29 is 19.3 Å². The summed E-state index contributed by atoms with van der Waals surface area (Å²) >= 11 is 13.3. The molecule has 3 amide bonds. The molecule has 0 fully saturated rings. The maximum atomic E-state index is 13.4. The van der Waals surface area contributed by atoms with E-state index in [9.17, 15) is 24.5 Å². The monoisotopic (exact) mass is 634 g/mol. The van der Waals surface area contributed by atoms with Gasteiger partial charge in [-0.2, -0.15) is 0 Å². The van der Waals surface area contributed by atoms with Gasteiger partial charge >= 0.3 is 0 Å². The number of rotatable bonds is 10. The fourth-order valence-corrected chi connectivity index (χ4v) is 5.23. The van der Waals surface area contributed by atoms with Crippen molar-refractivity contribution in [1.82, 2.24) is 5.32 Å². The number of non-ortho nitro benzene ring substituents is 1. The van der Waals surface area contributed by atoms with Gasteiger partial charge in [0, 0.05) is 44.0 Å². The fraction of sp³-hybridized carbons (Fsp3) is 0.0645. The summed E-state index contributed by atoms with van der Waals surface area (Å²) in [5.74, 6) is -1.39. The number of hydrogen-bond donors (Lipinski definition) is 3. The first-order chi connectivity index (χ1) is 20.6. The van der Waals surface area contributed by atoms with Crippen molar-refractivity contribution in [2.24, 2.45) is 0 Å². The zero-order valence-electron chi connectivity index (χ0n) is 22.5. The van der Waals surface area contributed by atoms with Gasteiger partial charge in [-0.15, -0.1) is 11.8 Å². The highest BCUT2D eigenvalue weighted by molar-refractivity contribution is 8.00. The van der Waals surface area contributed by atoms with Crippen molar-refractivity contribution in [3.63, 3.8) is 0 Å². The Morgan fingerprint density at radius 2 is 1.51 bits per heavy atom. The van der Waals surface area contributed by atoms with Gasteiger partial charge in [0.2, 0.25) is 5.91 Å². The number of amides is 3. The normalized spacial score (nSPS) is 11.7. The quantitative estimate of drug-likeness (QED) is 0.0719. The lowest BCUT2D eigenvalue weighted by atomic mass is 10.1. The molecule has 0 saturated carbocycles. The molecular weight excluding hydrogens is 611 g/mol. The molecule has 9 nitrogen and oxygen atoms in total. The van der Waals surface area contributed by atoms with Crippen molar-refractivity contribution in [3.05, 3.63) is 134 Å². The Bertz CT molecular complexity index is 1680. The zero-order valence-corrected chi connectivity index (χ0v) is 24.9. The number of nitrogens with one attached hydrogen (secondary N) is 3. The average Bonchev–Trinajstić information content (AvgIpc) is 2.97. The Hall–Kier alpha value is -4.64. The minimum absolute atomic E-state index is 0.0753. The molecule has 4 aromatic carbocycles. The van der Waals surface area contributed by atoms with Crippen LogP contribution >= 0.6 is 35.0 Å². The SMILES string of the molecule is CC(Sc1cccc(NC(=O)/C(=C\c2ccc([N+](=O)[O-])cc2)NC(=O)c2ccccc2)c1)C(=O)Nc1cc(Cl)cc(Cl)c1. The number of nitrogens with zero attached hydrogens (tertiary/aromatic N) is 1. The number of nitro groups is 1. The van der Waals surface area contributed by atoms with Crippen LogP contribution in [0.25, 0.3) is 6.08 Å². The number of carbonyl (C=O) groups excluding carboxylic acids is 3. The maximum Gasteiger partial charge on any atom is 0.272 e. The minimum Gasteiger partial charge on any atom is -0.325 e. The molecule has 0 aliphatic rings. The second kappa shape index (κ2) is 14.5. The first-order valence-electron chi connectivity index (χ1n) is 12.7. The zero-order chi connectivity index (χ0) is 30.9. The van der Waals surface area contributed by atoms with E-state index < -0.39 is 22.0 Å². The standard InChI is InChI=1S/C31H24Cl2N4O5S/c1-19(29(38)35-25-16-22(32)15-23(33)17-25)43-27-9-5-8-24(18-27)34-31(40)28(36-30(39)21-6-3-2-4-7-21)14-20-10-12-26(13-11-20)37(41)42/h2-19H,1H3,(H,34,40)(H,35,38)(H,36,39)/b28-14+. The van der Waals surface area contributed by atoms with Crippen LogP contribution in [-0.2, 0) is 9.59 Å². The number of halogens is 2. The molecule has 4 rings (SSSR count). The van der Waals surface area contributed by atoms with Crippen molar-refractivity contribution in [2.75, 3.05) is 10.6 Å². The maximum absolute atomic E-state index is 13.4. The summed E-state index contributed by atoms with van der Waals surface area (Å²) in [6.45, 7) is 1.74. The van der Waals surface area contributed by atoms with Crippen LogP contribution in [0.5, 0.6) is 0 Å². The Morgan fingerprint density at radius 3 is 2.16 bits per heavy atom. The lowest BCUT2D eigenvalue weighted by molar-refractivity contribution is -0.384. The van der Waals surface area contributed by atoms with Gasteiger partial charge in [0.25, 0.3) is 17.5 Å². The number of thioether (sulfide) groups is 1. The van der Waals surface area contributed by atoms with E-state index in [1.54, 1.807) is 79.7 Å². The van der Waals surface area contributed by atoms with E-state index >= 15 is 0 Å². The molecule has 4 aromatic rings. The molecule has 0 bridgehead atoms. The molecule has 43 heavy (non-hydrogen) atoms. The highest BCUT2D eigenvalue weighted by atomic mass is 35.5. The van der Waals surface area contributed by atoms with Crippen LogP contribution < -0.4 is 16.0 Å². The van der Waals surface area contributed by atoms with E-state index in [-0.39, 0.29) is 17.3 Å². The molecule has 0 spiro atoms. The number of nitro benzene ring substituents is 1. The number of hydrogen-bond acceptors (Lipinski definition) is 6. The average molecular weight is 636 g/mol. The second-order valence-corrected chi connectivity index (χ2v) is 11.4. The van der Waals surface area contributed by atoms with Crippen LogP contribution in [0.4, 0.5) is 17.1 Å². The Labute approximate surface area is 261 Å². The van der Waals surface area contributed by atoms with Gasteiger partial charge in [-0.05, 0) is 79.2 Å². The molecule has 0 aromatic heterocycles. The Balaban J connectivity index is 1.49. The van der Waals surface area contributed by atoms with Crippen molar-refractivity contribution >= 4 is 75.8 Å². The molecule has 218 valence electrons. The number of anilines is 2. The van der Waals surface area contributed by atoms with E-state index in [1.807, 2.05) is 0 Å². The molecule has 0 heterocycles. The van der Waals surface area contributed by atoms with Gasteiger partial charge in [0.05, 0.1) is 10.2 Å². The van der Waals surface area contributed by atoms with Gasteiger partial charge < -0.3 is 16.0 Å². The predicted molar refractivity (Wildman–Crippen MR) is 170 cm³/mol. The van der Waals surface area contributed by atoms with E-state index in [0.29, 0.717) is 37.4 Å². The topological polar surface area (TPSA) is 130 Å². The molecule has 0 saturated heterocycles. The van der Waals surface area contributed by atoms with E-state index in [1.165, 1.54) is 42.1 Å². The highest BCUT2D eigenvalue weighted by Gasteiger charge is 2.18. The fourth-order valence-electron chi connectivity index (χ4n) is 3.77. The molecule has 0 aliphatic heterocycles. The molecule has 0 aliphatic carbocycles. The van der Waals surface area contributed by atoms with E-state index in [4.69, 9.17) is 23.2 Å².